The molecule has 140 valence electrons. The molecule has 1 atom stereocenters. The van der Waals surface area contributed by atoms with Crippen LogP contribution >= 0.6 is 11.3 Å². The zero-order chi connectivity index (χ0) is 19.7. The minimum absolute atomic E-state index is 0.189. The third kappa shape index (κ3) is 3.75. The van der Waals surface area contributed by atoms with Gasteiger partial charge in [-0.15, -0.1) is 11.3 Å². The molecule has 0 saturated carbocycles. The molecule has 0 aliphatic carbocycles. The molecule has 0 radical (unpaired) electrons. The van der Waals surface area contributed by atoms with E-state index in [9.17, 15) is 9.59 Å². The predicted molar refractivity (Wildman–Crippen MR) is 103 cm³/mol. The number of benzene rings is 1. The van der Waals surface area contributed by atoms with Gasteiger partial charge in [-0.1, -0.05) is 12.1 Å². The van der Waals surface area contributed by atoms with E-state index in [0.29, 0.717) is 16.3 Å². The lowest BCUT2D eigenvalue weighted by Crippen LogP contribution is -2.27. The monoisotopic (exact) mass is 384 g/mol. The smallest absolute Gasteiger partial charge is 0.347 e. The fourth-order valence-corrected chi connectivity index (χ4v) is 3.70. The third-order valence-corrected chi connectivity index (χ3v) is 5.55. The summed E-state index contributed by atoms with van der Waals surface area (Å²) in [6.45, 7) is 7.26. The first kappa shape index (κ1) is 18.8. The summed E-state index contributed by atoms with van der Waals surface area (Å²) >= 11 is 1.07. The molecule has 0 aliphatic rings. The van der Waals surface area contributed by atoms with E-state index in [-0.39, 0.29) is 10.8 Å². The summed E-state index contributed by atoms with van der Waals surface area (Å²) in [5, 5.41) is 16.9. The number of thiazole rings is 1. The van der Waals surface area contributed by atoms with E-state index in [2.05, 4.69) is 15.4 Å². The molecular formula is C19H20N4O3S. The van der Waals surface area contributed by atoms with Crippen LogP contribution in [0.2, 0.25) is 0 Å². The molecule has 1 amide bonds. The van der Waals surface area contributed by atoms with E-state index in [1.165, 1.54) is 6.20 Å². The Kier molecular flexibility index (Phi) is 5.09. The van der Waals surface area contributed by atoms with Gasteiger partial charge in [0.05, 0.1) is 34.9 Å². The maximum absolute atomic E-state index is 12.7. The lowest BCUT2D eigenvalue weighted by Gasteiger charge is -2.11. The lowest BCUT2D eigenvalue weighted by atomic mass is 10.2. The van der Waals surface area contributed by atoms with Gasteiger partial charge in [-0.2, -0.15) is 5.10 Å². The molecule has 0 aliphatic heterocycles. The number of carboxylic acid groups (broad SMARTS) is 1. The lowest BCUT2D eigenvalue weighted by molar-refractivity contribution is 0.0701. The number of hydrogen-bond acceptors (Lipinski definition) is 5. The summed E-state index contributed by atoms with van der Waals surface area (Å²) in [6.07, 6.45) is 1.54. The van der Waals surface area contributed by atoms with Crippen molar-refractivity contribution in [1.29, 1.82) is 0 Å². The van der Waals surface area contributed by atoms with Crippen LogP contribution in [0.4, 0.5) is 0 Å². The molecule has 2 N–H and O–H groups in total. The normalized spacial score (nSPS) is 12.0. The van der Waals surface area contributed by atoms with Crippen LogP contribution in [0.5, 0.6) is 0 Å². The summed E-state index contributed by atoms with van der Waals surface area (Å²) in [4.78, 5) is 28.3. The Hall–Kier alpha value is -3.00. The largest absolute Gasteiger partial charge is 0.477 e. The first-order valence-electron chi connectivity index (χ1n) is 8.41. The van der Waals surface area contributed by atoms with Crippen LogP contribution in [-0.4, -0.2) is 31.7 Å². The second-order valence-corrected chi connectivity index (χ2v) is 7.39. The van der Waals surface area contributed by atoms with E-state index < -0.39 is 12.0 Å². The van der Waals surface area contributed by atoms with E-state index in [1.54, 1.807) is 18.5 Å². The Morgan fingerprint density at radius 3 is 2.63 bits per heavy atom. The van der Waals surface area contributed by atoms with Crippen LogP contribution in [-0.2, 0) is 0 Å². The highest BCUT2D eigenvalue weighted by Gasteiger charge is 2.21. The first-order chi connectivity index (χ1) is 12.8. The molecule has 0 saturated heterocycles. The Labute approximate surface area is 160 Å². The van der Waals surface area contributed by atoms with Gasteiger partial charge in [0.25, 0.3) is 5.91 Å². The maximum Gasteiger partial charge on any atom is 0.347 e. The Bertz CT molecular complexity index is 1020. The number of aromatic nitrogens is 3. The minimum Gasteiger partial charge on any atom is -0.477 e. The van der Waals surface area contributed by atoms with Gasteiger partial charge in [-0.25, -0.2) is 14.5 Å². The van der Waals surface area contributed by atoms with Gasteiger partial charge < -0.3 is 10.4 Å². The molecule has 7 nitrogen and oxygen atoms in total. The van der Waals surface area contributed by atoms with E-state index in [1.807, 2.05) is 38.1 Å². The zero-order valence-electron chi connectivity index (χ0n) is 15.5. The zero-order valence-corrected chi connectivity index (χ0v) is 16.3. The number of nitrogens with one attached hydrogen (secondary N) is 1. The second kappa shape index (κ2) is 7.32. The highest BCUT2D eigenvalue weighted by molar-refractivity contribution is 7.13. The van der Waals surface area contributed by atoms with Gasteiger partial charge in [0, 0.05) is 0 Å². The SMILES string of the molecule is Cc1cccc(-n2ncc(C(=O)NC(C)c3nc(C)c(C(=O)O)s3)c2C)c1. The fourth-order valence-electron chi connectivity index (χ4n) is 2.79. The Balaban J connectivity index is 1.81. The molecule has 0 spiro atoms. The minimum atomic E-state index is -1.01. The topological polar surface area (TPSA) is 97.1 Å². The standard InChI is InChI=1S/C19H20N4O3S/c1-10-6-5-7-14(8-10)23-13(4)15(9-20-23)17(24)21-12(3)18-22-11(2)16(27-18)19(25)26/h5-9,12H,1-4H3,(H,21,24)(H,25,26). The number of rotatable bonds is 5. The molecule has 2 heterocycles. The first-order valence-corrected chi connectivity index (χ1v) is 9.22. The van der Waals surface area contributed by atoms with Crippen LogP contribution in [0.15, 0.2) is 30.5 Å². The number of carboxylic acids is 1. The molecule has 1 unspecified atom stereocenters. The molecule has 3 aromatic rings. The Morgan fingerprint density at radius 1 is 1.26 bits per heavy atom. The van der Waals surface area contributed by atoms with E-state index in [0.717, 1.165) is 28.3 Å². The number of hydrogen-bond donors (Lipinski definition) is 2. The number of aryl methyl sites for hydroxylation is 2. The summed E-state index contributed by atoms with van der Waals surface area (Å²) in [7, 11) is 0. The summed E-state index contributed by atoms with van der Waals surface area (Å²) in [5.74, 6) is -1.28. The van der Waals surface area contributed by atoms with Crippen molar-refractivity contribution in [3.63, 3.8) is 0 Å². The predicted octanol–water partition coefficient (Wildman–Crippen LogP) is 3.44. The van der Waals surface area contributed by atoms with Crippen molar-refractivity contribution in [1.82, 2.24) is 20.1 Å². The van der Waals surface area contributed by atoms with Gasteiger partial charge in [0.15, 0.2) is 0 Å². The van der Waals surface area contributed by atoms with Gasteiger partial charge in [0.2, 0.25) is 0 Å². The molecule has 1 aromatic carbocycles. The molecule has 27 heavy (non-hydrogen) atoms. The number of carbonyl (C=O) groups excluding carboxylic acids is 1. The molecule has 0 fully saturated rings. The van der Waals surface area contributed by atoms with Crippen LogP contribution < -0.4 is 5.32 Å². The summed E-state index contributed by atoms with van der Waals surface area (Å²) < 4.78 is 1.72. The highest BCUT2D eigenvalue weighted by atomic mass is 32.1. The molecule has 0 bridgehead atoms. The average molecular weight is 384 g/mol. The van der Waals surface area contributed by atoms with Crippen LogP contribution in [0.1, 0.15) is 55.0 Å². The molecule has 8 heteroatoms. The third-order valence-electron chi connectivity index (χ3n) is 4.23. The number of aromatic carboxylic acids is 1. The number of carbonyl (C=O) groups is 2. The maximum atomic E-state index is 12.7. The van der Waals surface area contributed by atoms with Crippen molar-refractivity contribution in [2.45, 2.75) is 33.7 Å². The van der Waals surface area contributed by atoms with Gasteiger partial charge in [0.1, 0.15) is 9.88 Å². The van der Waals surface area contributed by atoms with Crippen LogP contribution in [0.25, 0.3) is 5.69 Å². The van der Waals surface area contributed by atoms with Gasteiger partial charge in [-0.05, 0) is 45.4 Å². The fraction of sp³-hybridized carbons (Fsp3) is 0.263. The van der Waals surface area contributed by atoms with Crippen molar-refractivity contribution in [3.8, 4) is 5.69 Å². The number of nitrogens with zero attached hydrogens (tertiary/aromatic N) is 3. The number of amides is 1. The van der Waals surface area contributed by atoms with Crippen molar-refractivity contribution in [3.05, 3.63) is 62.9 Å². The van der Waals surface area contributed by atoms with Gasteiger partial charge >= 0.3 is 5.97 Å². The van der Waals surface area contributed by atoms with Crippen molar-refractivity contribution in [2.75, 3.05) is 0 Å². The van der Waals surface area contributed by atoms with Crippen molar-refractivity contribution in [2.24, 2.45) is 0 Å². The quantitative estimate of drug-likeness (QED) is 0.702. The van der Waals surface area contributed by atoms with E-state index in [4.69, 9.17) is 5.11 Å². The van der Waals surface area contributed by atoms with Crippen molar-refractivity contribution < 1.29 is 14.7 Å². The molecule has 2 aromatic heterocycles. The van der Waals surface area contributed by atoms with Gasteiger partial charge in [-0.3, -0.25) is 4.79 Å². The van der Waals surface area contributed by atoms with Crippen molar-refractivity contribution >= 4 is 23.2 Å². The Morgan fingerprint density at radius 2 is 2.00 bits per heavy atom. The van der Waals surface area contributed by atoms with Crippen LogP contribution in [0.3, 0.4) is 0 Å². The van der Waals surface area contributed by atoms with E-state index >= 15 is 0 Å². The molecular weight excluding hydrogens is 364 g/mol. The highest BCUT2D eigenvalue weighted by Crippen LogP contribution is 2.24. The van der Waals surface area contributed by atoms with Crippen LogP contribution in [0, 0.1) is 20.8 Å². The summed E-state index contributed by atoms with van der Waals surface area (Å²) in [5.41, 5.74) is 3.64. The second-order valence-electron chi connectivity index (χ2n) is 6.36. The summed E-state index contributed by atoms with van der Waals surface area (Å²) in [6, 6.07) is 7.47. The average Bonchev–Trinajstić information content (AvgIpc) is 3.18. The molecule has 3 rings (SSSR count).